The van der Waals surface area contributed by atoms with E-state index in [0.29, 0.717) is 0 Å². The summed E-state index contributed by atoms with van der Waals surface area (Å²) in [7, 11) is 0. The summed E-state index contributed by atoms with van der Waals surface area (Å²) in [6, 6.07) is 8.25. The van der Waals surface area contributed by atoms with Crippen LogP contribution in [0.4, 0.5) is 0 Å². The van der Waals surface area contributed by atoms with E-state index in [2.05, 4.69) is 63.1 Å². The van der Waals surface area contributed by atoms with E-state index < -0.39 is 0 Å². The third-order valence-electron chi connectivity index (χ3n) is 5.23. The molecule has 1 fully saturated rings. The van der Waals surface area contributed by atoms with Crippen LogP contribution in [0.1, 0.15) is 49.2 Å². The predicted octanol–water partition coefficient (Wildman–Crippen LogP) is 3.59. The number of guanidine groups is 1. The van der Waals surface area contributed by atoms with Crippen molar-refractivity contribution in [1.82, 2.24) is 9.88 Å². The van der Waals surface area contributed by atoms with Crippen molar-refractivity contribution in [3.63, 3.8) is 0 Å². The molecule has 7 heteroatoms. The van der Waals surface area contributed by atoms with Crippen molar-refractivity contribution < 1.29 is 0 Å². The fourth-order valence-electron chi connectivity index (χ4n) is 3.39. The van der Waals surface area contributed by atoms with Gasteiger partial charge in [-0.15, -0.1) is 16.4 Å². The molecular weight excluding hydrogens is 392 g/mol. The van der Waals surface area contributed by atoms with Gasteiger partial charge < -0.3 is 16.4 Å². The first-order valence-corrected chi connectivity index (χ1v) is 11.2. The van der Waals surface area contributed by atoms with E-state index in [1.807, 2.05) is 13.8 Å². The van der Waals surface area contributed by atoms with Crippen LogP contribution in [0.25, 0.3) is 10.6 Å². The molecule has 0 unspecified atom stereocenters. The zero-order valence-electron chi connectivity index (χ0n) is 18.0. The van der Waals surface area contributed by atoms with Gasteiger partial charge in [0.1, 0.15) is 5.01 Å². The van der Waals surface area contributed by atoms with E-state index in [1.165, 1.54) is 25.9 Å². The van der Waals surface area contributed by atoms with Gasteiger partial charge in [0, 0.05) is 24.1 Å². The Hall–Kier alpha value is -2.69. The van der Waals surface area contributed by atoms with Crippen LogP contribution in [-0.4, -0.2) is 41.2 Å². The van der Waals surface area contributed by atoms with Crippen molar-refractivity contribution in [2.24, 2.45) is 27.6 Å². The molecule has 158 valence electrons. The van der Waals surface area contributed by atoms with Gasteiger partial charge in [0.2, 0.25) is 5.96 Å². The third kappa shape index (κ3) is 6.15. The maximum atomic E-state index is 5.35. The van der Waals surface area contributed by atoms with Crippen LogP contribution < -0.4 is 11.5 Å². The molecule has 2 heterocycles. The van der Waals surface area contributed by atoms with Crippen LogP contribution in [0.15, 0.2) is 34.5 Å². The molecule has 0 radical (unpaired) electrons. The molecule has 1 aromatic heterocycles. The Labute approximate surface area is 183 Å². The van der Waals surface area contributed by atoms with Crippen molar-refractivity contribution >= 4 is 23.0 Å². The Morgan fingerprint density at radius 3 is 2.57 bits per heavy atom. The Balaban J connectivity index is 1.60. The summed E-state index contributed by atoms with van der Waals surface area (Å²) < 4.78 is 0. The number of thiazole rings is 1. The molecule has 2 aromatic rings. The van der Waals surface area contributed by atoms with Gasteiger partial charge in [-0.05, 0) is 57.8 Å². The average Bonchev–Trinajstić information content (AvgIpc) is 3.13. The molecule has 30 heavy (non-hydrogen) atoms. The second-order valence-electron chi connectivity index (χ2n) is 7.80. The number of nitrogens with zero attached hydrogens (tertiary/aromatic N) is 4. The number of hydrogen-bond acceptors (Lipinski definition) is 5. The highest BCUT2D eigenvalue weighted by molar-refractivity contribution is 7.17. The first-order chi connectivity index (χ1) is 14.4. The molecule has 0 atom stereocenters. The Bertz CT molecular complexity index is 965. The van der Waals surface area contributed by atoms with Gasteiger partial charge >= 0.3 is 0 Å². The Morgan fingerprint density at radius 2 is 1.90 bits per heavy atom. The van der Waals surface area contributed by atoms with Crippen molar-refractivity contribution in [1.29, 1.82) is 0 Å². The van der Waals surface area contributed by atoms with Crippen molar-refractivity contribution in [2.75, 3.05) is 19.6 Å². The maximum Gasteiger partial charge on any atom is 0.211 e. The van der Waals surface area contributed by atoms with Gasteiger partial charge in [-0.25, -0.2) is 4.98 Å². The van der Waals surface area contributed by atoms with Gasteiger partial charge in [0.25, 0.3) is 0 Å². The number of benzene rings is 1. The zero-order chi connectivity index (χ0) is 21.5. The lowest BCUT2D eigenvalue weighted by atomic mass is 9.99. The number of aryl methyl sites for hydroxylation is 1. The average molecular weight is 423 g/mol. The lowest BCUT2D eigenvalue weighted by Gasteiger charge is -2.29. The predicted molar refractivity (Wildman–Crippen MR) is 127 cm³/mol. The molecule has 4 N–H and O–H groups in total. The zero-order valence-corrected chi connectivity index (χ0v) is 18.8. The molecule has 1 aliphatic heterocycles. The van der Waals surface area contributed by atoms with Crippen LogP contribution in [0.3, 0.4) is 0 Å². The lowest BCUT2D eigenvalue weighted by Crippen LogP contribution is -2.33. The van der Waals surface area contributed by atoms with Gasteiger partial charge in [-0.3, -0.25) is 0 Å². The minimum absolute atomic E-state index is 0.0565. The topological polar surface area (TPSA) is 92.9 Å². The minimum Gasteiger partial charge on any atom is -0.369 e. The fourth-order valence-corrected chi connectivity index (χ4v) is 4.41. The first-order valence-electron chi connectivity index (χ1n) is 10.3. The highest BCUT2D eigenvalue weighted by Gasteiger charge is 2.14. The van der Waals surface area contributed by atoms with Gasteiger partial charge in [-0.1, -0.05) is 30.9 Å². The SMILES string of the molecule is C/C(=N\N=C(N)N)c1sc(-c2ccc(C#CCCN3CCC(C)CC3)cc2)nc1C. The summed E-state index contributed by atoms with van der Waals surface area (Å²) in [6.07, 6.45) is 3.54. The van der Waals surface area contributed by atoms with Gasteiger partial charge in [-0.2, -0.15) is 5.10 Å². The van der Waals surface area contributed by atoms with Crippen molar-refractivity contribution in [2.45, 2.75) is 40.0 Å². The number of likely N-dealkylation sites (tertiary alicyclic amines) is 1. The highest BCUT2D eigenvalue weighted by atomic mass is 32.1. The second kappa shape index (κ2) is 10.4. The summed E-state index contributed by atoms with van der Waals surface area (Å²) in [5, 5.41) is 8.73. The molecule has 6 nitrogen and oxygen atoms in total. The molecule has 1 aliphatic rings. The fraction of sp³-hybridized carbons (Fsp3) is 0.435. The summed E-state index contributed by atoms with van der Waals surface area (Å²) in [4.78, 5) is 8.18. The quantitative estimate of drug-likeness (QED) is 0.333. The summed E-state index contributed by atoms with van der Waals surface area (Å²) >= 11 is 1.58. The third-order valence-corrected chi connectivity index (χ3v) is 6.55. The van der Waals surface area contributed by atoms with Crippen LogP contribution in [-0.2, 0) is 0 Å². The molecule has 0 aliphatic carbocycles. The van der Waals surface area contributed by atoms with E-state index >= 15 is 0 Å². The molecule has 1 aromatic carbocycles. The smallest absolute Gasteiger partial charge is 0.211 e. The standard InChI is InChI=1S/C23H30N6S/c1-16-11-14-29(15-12-16)13-5-4-6-19-7-9-20(10-8-19)22-26-17(2)21(30-22)18(3)27-28-23(24)25/h7-10,16H,5,11-15H2,1-3H3,(H4,24,25,28)/b27-18+. The van der Waals surface area contributed by atoms with E-state index in [-0.39, 0.29) is 5.96 Å². The monoisotopic (exact) mass is 422 g/mol. The van der Waals surface area contributed by atoms with Crippen molar-refractivity contribution in [3.8, 4) is 22.4 Å². The van der Waals surface area contributed by atoms with E-state index in [0.717, 1.165) is 51.3 Å². The first kappa shape index (κ1) is 22.0. The largest absolute Gasteiger partial charge is 0.369 e. The highest BCUT2D eigenvalue weighted by Crippen LogP contribution is 2.28. The van der Waals surface area contributed by atoms with Crippen LogP contribution in [0.5, 0.6) is 0 Å². The molecule has 0 amide bonds. The number of aromatic nitrogens is 1. The summed E-state index contributed by atoms with van der Waals surface area (Å²) in [5.41, 5.74) is 14.5. The number of rotatable bonds is 5. The molecule has 0 saturated carbocycles. The number of piperidine rings is 1. The minimum atomic E-state index is -0.0565. The molecule has 0 bridgehead atoms. The molecular formula is C23H30N6S. The Kier molecular flexibility index (Phi) is 7.61. The summed E-state index contributed by atoms with van der Waals surface area (Å²) in [6.45, 7) is 9.67. The van der Waals surface area contributed by atoms with Crippen LogP contribution in [0, 0.1) is 24.7 Å². The van der Waals surface area contributed by atoms with E-state index in [9.17, 15) is 0 Å². The summed E-state index contributed by atoms with van der Waals surface area (Å²) in [5.74, 6) is 7.42. The molecule has 0 spiro atoms. The van der Waals surface area contributed by atoms with Gasteiger partial charge in [0.15, 0.2) is 0 Å². The molecule has 1 saturated heterocycles. The van der Waals surface area contributed by atoms with E-state index in [4.69, 9.17) is 11.5 Å². The van der Waals surface area contributed by atoms with Crippen molar-refractivity contribution in [3.05, 3.63) is 40.4 Å². The van der Waals surface area contributed by atoms with E-state index in [1.54, 1.807) is 11.3 Å². The van der Waals surface area contributed by atoms with Crippen LogP contribution in [0.2, 0.25) is 0 Å². The van der Waals surface area contributed by atoms with Crippen LogP contribution >= 0.6 is 11.3 Å². The second-order valence-corrected chi connectivity index (χ2v) is 8.80. The maximum absolute atomic E-state index is 5.35. The normalized spacial score (nSPS) is 15.5. The number of hydrogen-bond donors (Lipinski definition) is 2. The Morgan fingerprint density at radius 1 is 1.20 bits per heavy atom. The van der Waals surface area contributed by atoms with Gasteiger partial charge in [0.05, 0.1) is 16.3 Å². The lowest BCUT2D eigenvalue weighted by molar-refractivity contribution is 0.196. The number of nitrogens with two attached hydrogens (primary N) is 2. The molecule has 3 rings (SSSR count).